The minimum atomic E-state index is -1.94. The van der Waals surface area contributed by atoms with E-state index in [0.29, 0.717) is 0 Å². The van der Waals surface area contributed by atoms with E-state index in [1.807, 2.05) is 0 Å². The number of alkyl carbamates (subject to hydrolysis) is 1. The predicted molar refractivity (Wildman–Crippen MR) is 62.2 cm³/mol. The molecule has 1 amide bonds. The van der Waals surface area contributed by atoms with Crippen molar-refractivity contribution >= 4 is 18.0 Å². The Labute approximate surface area is 105 Å². The largest absolute Gasteiger partial charge is 0.481 e. The van der Waals surface area contributed by atoms with Crippen LogP contribution >= 0.6 is 0 Å². The summed E-state index contributed by atoms with van der Waals surface area (Å²) in [7, 11) is 0. The predicted octanol–water partition coefficient (Wildman–Crippen LogP) is 1.08. The minimum absolute atomic E-state index is 0.796. The zero-order valence-corrected chi connectivity index (χ0v) is 11.1. The number of rotatable bonds is 4. The number of ether oxygens (including phenoxy) is 1. The Morgan fingerprint density at radius 1 is 1.11 bits per heavy atom. The van der Waals surface area contributed by atoms with Crippen LogP contribution in [0, 0.1) is 5.92 Å². The van der Waals surface area contributed by atoms with Crippen LogP contribution in [0.25, 0.3) is 0 Å². The molecular formula is C11H19NO6. The van der Waals surface area contributed by atoms with Gasteiger partial charge in [0.15, 0.2) is 5.54 Å². The van der Waals surface area contributed by atoms with Crippen LogP contribution in [0.3, 0.4) is 0 Å². The average Bonchev–Trinajstić information content (AvgIpc) is 2.12. The van der Waals surface area contributed by atoms with Crippen LogP contribution in [-0.4, -0.2) is 39.4 Å². The second kappa shape index (κ2) is 5.24. The molecule has 0 bridgehead atoms. The molecule has 0 aromatic heterocycles. The Morgan fingerprint density at radius 3 is 1.83 bits per heavy atom. The Hall–Kier alpha value is -1.79. The van der Waals surface area contributed by atoms with E-state index in [4.69, 9.17) is 14.9 Å². The summed E-state index contributed by atoms with van der Waals surface area (Å²) in [6.07, 6.45) is -0.972. The lowest BCUT2D eigenvalue weighted by atomic mass is 9.87. The number of carbonyl (C=O) groups is 3. The lowest BCUT2D eigenvalue weighted by Gasteiger charge is -2.31. The van der Waals surface area contributed by atoms with Crippen molar-refractivity contribution in [1.29, 1.82) is 0 Å². The van der Waals surface area contributed by atoms with Crippen LogP contribution in [0.1, 0.15) is 34.6 Å². The van der Waals surface area contributed by atoms with Gasteiger partial charge in [-0.2, -0.15) is 0 Å². The molecule has 7 nitrogen and oxygen atoms in total. The van der Waals surface area contributed by atoms with Gasteiger partial charge < -0.3 is 20.3 Å². The Morgan fingerprint density at radius 2 is 1.56 bits per heavy atom. The second-order valence-electron chi connectivity index (χ2n) is 5.19. The number of nitrogens with one attached hydrogen (secondary N) is 1. The zero-order valence-electron chi connectivity index (χ0n) is 11.1. The number of hydrogen-bond donors (Lipinski definition) is 3. The number of carboxylic acid groups (broad SMARTS) is 2. The SMILES string of the molecule is C[C@H](C(=O)O)[C@](C)(NC(=O)OC(C)(C)C)C(=O)O. The highest BCUT2D eigenvalue weighted by atomic mass is 16.6. The Balaban J connectivity index is 5.00. The van der Waals surface area contributed by atoms with Crippen molar-refractivity contribution in [2.75, 3.05) is 0 Å². The quantitative estimate of drug-likeness (QED) is 0.697. The van der Waals surface area contributed by atoms with E-state index in [0.717, 1.165) is 6.92 Å². The van der Waals surface area contributed by atoms with Crippen LogP contribution in [-0.2, 0) is 14.3 Å². The highest BCUT2D eigenvalue weighted by Crippen LogP contribution is 2.19. The third-order valence-electron chi connectivity index (χ3n) is 2.44. The number of aliphatic carboxylic acids is 2. The van der Waals surface area contributed by atoms with Gasteiger partial charge in [-0.1, -0.05) is 0 Å². The molecule has 0 rings (SSSR count). The monoisotopic (exact) mass is 261 g/mol. The molecule has 7 heteroatoms. The minimum Gasteiger partial charge on any atom is -0.481 e. The first kappa shape index (κ1) is 16.2. The molecule has 0 saturated heterocycles. The first-order chi connectivity index (χ1) is 7.90. The molecule has 0 aliphatic carbocycles. The zero-order chi connectivity index (χ0) is 14.7. The number of amides is 1. The van der Waals surface area contributed by atoms with Gasteiger partial charge in [-0.05, 0) is 34.6 Å². The summed E-state index contributed by atoms with van der Waals surface area (Å²) in [5, 5.41) is 20.0. The molecule has 0 aromatic rings. The van der Waals surface area contributed by atoms with Gasteiger partial charge in [0.2, 0.25) is 0 Å². The molecule has 0 unspecified atom stereocenters. The van der Waals surface area contributed by atoms with Crippen molar-refractivity contribution < 1.29 is 29.3 Å². The highest BCUT2D eigenvalue weighted by Gasteiger charge is 2.45. The van der Waals surface area contributed by atoms with Crippen LogP contribution in [0.2, 0.25) is 0 Å². The van der Waals surface area contributed by atoms with Crippen LogP contribution in [0.15, 0.2) is 0 Å². The van der Waals surface area contributed by atoms with Gasteiger partial charge in [0, 0.05) is 0 Å². The molecule has 0 aromatic carbocycles. The molecule has 0 heterocycles. The molecule has 0 radical (unpaired) electrons. The van der Waals surface area contributed by atoms with Crippen molar-refractivity contribution in [3.05, 3.63) is 0 Å². The Bertz CT molecular complexity index is 359. The van der Waals surface area contributed by atoms with Gasteiger partial charge >= 0.3 is 18.0 Å². The topological polar surface area (TPSA) is 113 Å². The fourth-order valence-corrected chi connectivity index (χ4v) is 1.11. The highest BCUT2D eigenvalue weighted by molar-refractivity contribution is 5.89. The van der Waals surface area contributed by atoms with Crippen molar-refractivity contribution in [1.82, 2.24) is 5.32 Å². The number of carbonyl (C=O) groups excluding carboxylic acids is 1. The lowest BCUT2D eigenvalue weighted by Crippen LogP contribution is -2.59. The fraction of sp³-hybridized carbons (Fsp3) is 0.727. The van der Waals surface area contributed by atoms with E-state index in [1.54, 1.807) is 20.8 Å². The summed E-state index contributed by atoms with van der Waals surface area (Å²) in [5.74, 6) is -4.07. The van der Waals surface area contributed by atoms with Gasteiger partial charge in [-0.25, -0.2) is 9.59 Å². The van der Waals surface area contributed by atoms with Gasteiger partial charge in [0.25, 0.3) is 0 Å². The van der Waals surface area contributed by atoms with Crippen molar-refractivity contribution in [2.45, 2.75) is 45.8 Å². The summed E-state index contributed by atoms with van der Waals surface area (Å²) in [4.78, 5) is 33.5. The van der Waals surface area contributed by atoms with Gasteiger partial charge in [0.1, 0.15) is 5.60 Å². The van der Waals surface area contributed by atoms with Crippen LogP contribution in [0.5, 0.6) is 0 Å². The normalized spacial score (nSPS) is 16.3. The third kappa shape index (κ3) is 4.23. The van der Waals surface area contributed by atoms with E-state index in [1.165, 1.54) is 6.92 Å². The van der Waals surface area contributed by atoms with E-state index in [9.17, 15) is 14.4 Å². The lowest BCUT2D eigenvalue weighted by molar-refractivity contribution is -0.155. The summed E-state index contributed by atoms with van der Waals surface area (Å²) in [6, 6.07) is 0. The van der Waals surface area contributed by atoms with Gasteiger partial charge in [-0.15, -0.1) is 0 Å². The van der Waals surface area contributed by atoms with Crippen molar-refractivity contribution in [2.24, 2.45) is 5.92 Å². The van der Waals surface area contributed by atoms with E-state index >= 15 is 0 Å². The maximum atomic E-state index is 11.5. The maximum Gasteiger partial charge on any atom is 0.408 e. The first-order valence-electron chi connectivity index (χ1n) is 5.37. The molecule has 0 aliphatic heterocycles. The molecule has 0 fully saturated rings. The second-order valence-corrected chi connectivity index (χ2v) is 5.19. The maximum absolute atomic E-state index is 11.5. The molecule has 3 N–H and O–H groups in total. The standard InChI is InChI=1S/C11H19NO6/c1-6(7(13)14)11(5,8(15)16)12-9(17)18-10(2,3)4/h6H,1-5H3,(H,12,17)(H,13,14)(H,15,16)/t6-,11+/m1/s1. The summed E-state index contributed by atoms with van der Waals surface area (Å²) >= 11 is 0. The van der Waals surface area contributed by atoms with Crippen LogP contribution in [0.4, 0.5) is 4.79 Å². The van der Waals surface area contributed by atoms with Crippen molar-refractivity contribution in [3.8, 4) is 0 Å². The Kier molecular flexibility index (Phi) is 4.72. The van der Waals surface area contributed by atoms with Gasteiger partial charge in [-0.3, -0.25) is 4.79 Å². The molecule has 104 valence electrons. The molecule has 0 spiro atoms. The summed E-state index contributed by atoms with van der Waals surface area (Å²) in [6.45, 7) is 7.17. The number of carboxylic acids is 2. The molecule has 2 atom stereocenters. The molecule has 0 saturated carbocycles. The number of hydrogen-bond acceptors (Lipinski definition) is 4. The average molecular weight is 261 g/mol. The summed E-state index contributed by atoms with van der Waals surface area (Å²) < 4.78 is 4.91. The first-order valence-corrected chi connectivity index (χ1v) is 5.37. The van der Waals surface area contributed by atoms with Gasteiger partial charge in [0.05, 0.1) is 5.92 Å². The molecule has 18 heavy (non-hydrogen) atoms. The van der Waals surface area contributed by atoms with E-state index in [2.05, 4.69) is 5.32 Å². The third-order valence-corrected chi connectivity index (χ3v) is 2.44. The fourth-order valence-electron chi connectivity index (χ4n) is 1.11. The van der Waals surface area contributed by atoms with E-state index < -0.39 is 35.1 Å². The molecule has 0 aliphatic rings. The van der Waals surface area contributed by atoms with E-state index in [-0.39, 0.29) is 0 Å². The van der Waals surface area contributed by atoms with Crippen LogP contribution < -0.4 is 5.32 Å². The summed E-state index contributed by atoms with van der Waals surface area (Å²) in [5.41, 5.74) is -2.73. The molecular weight excluding hydrogens is 242 g/mol. The smallest absolute Gasteiger partial charge is 0.408 e. The van der Waals surface area contributed by atoms with Crippen molar-refractivity contribution in [3.63, 3.8) is 0 Å².